The van der Waals surface area contributed by atoms with Crippen LogP contribution in [-0.4, -0.2) is 5.91 Å². The molecule has 15 heavy (non-hydrogen) atoms. The van der Waals surface area contributed by atoms with Gasteiger partial charge in [0, 0.05) is 17.6 Å². The van der Waals surface area contributed by atoms with Gasteiger partial charge in [0.25, 0.3) is 0 Å². The van der Waals surface area contributed by atoms with Gasteiger partial charge in [0.2, 0.25) is 5.91 Å². The number of nitrogens with one attached hydrogen (secondary N) is 1. The molecule has 1 aromatic carbocycles. The Labute approximate surface area is 151 Å². The Kier molecular flexibility index (Phi) is 7.99. The fourth-order valence-corrected chi connectivity index (χ4v) is 4.50. The van der Waals surface area contributed by atoms with Gasteiger partial charge >= 0.3 is 29.6 Å². The fourth-order valence-electron chi connectivity index (χ4n) is 0.863. The van der Waals surface area contributed by atoms with Gasteiger partial charge in [-0.3, -0.25) is 4.79 Å². The van der Waals surface area contributed by atoms with Gasteiger partial charge < -0.3 is 10.4 Å². The summed E-state index contributed by atoms with van der Waals surface area (Å²) in [5.74, 6) is -0.197. The largest absolute Gasteiger partial charge is 1.00 e. The van der Waals surface area contributed by atoms with Crippen molar-refractivity contribution in [2.45, 2.75) is 6.92 Å². The minimum Gasteiger partial charge on any atom is -0.871 e. The zero-order valence-corrected chi connectivity index (χ0v) is 16.5. The van der Waals surface area contributed by atoms with E-state index in [1.165, 1.54) is 6.92 Å². The quantitative estimate of drug-likeness (QED) is 0.380. The maximum absolute atomic E-state index is 11.6. The number of rotatable bonds is 1. The third-order valence-corrected chi connectivity index (χ3v) is 4.11. The molecule has 0 aliphatic carbocycles. The van der Waals surface area contributed by atoms with E-state index in [4.69, 9.17) is 0 Å². The van der Waals surface area contributed by atoms with Gasteiger partial charge in [0.15, 0.2) is 0 Å². The van der Waals surface area contributed by atoms with Gasteiger partial charge in [-0.1, -0.05) is 5.75 Å². The minimum atomic E-state index is -0.165. The molecule has 0 fully saturated rings. The molecule has 0 aliphatic rings. The second-order valence-corrected chi connectivity index (χ2v) is 5.94. The van der Waals surface area contributed by atoms with Crippen LogP contribution in [0.15, 0.2) is 6.07 Å². The molecule has 7 heteroatoms. The van der Waals surface area contributed by atoms with Crippen molar-refractivity contribution in [1.82, 2.24) is 0 Å². The Morgan fingerprint density at radius 1 is 1.33 bits per heavy atom. The van der Waals surface area contributed by atoms with Crippen LogP contribution < -0.4 is 40.0 Å². The minimum absolute atomic E-state index is 0. The van der Waals surface area contributed by atoms with Gasteiger partial charge in [-0.15, -0.1) is 0 Å². The summed E-state index contributed by atoms with van der Waals surface area (Å²) in [6.45, 7) is 1.43. The van der Waals surface area contributed by atoms with Crippen LogP contribution in [-0.2, 0) is 4.79 Å². The molecule has 1 amide bonds. The molecule has 0 unspecified atom stereocenters. The zero-order chi connectivity index (χ0) is 10.9. The van der Waals surface area contributed by atoms with Crippen LogP contribution in [0.4, 0.5) is 5.69 Å². The molecule has 1 aromatic rings. The fraction of sp³-hybridized carbons (Fsp3) is 0.125. The number of amides is 1. The third kappa shape index (κ3) is 4.45. The van der Waals surface area contributed by atoms with E-state index in [2.05, 4.69) is 27.9 Å². The first-order chi connectivity index (χ1) is 6.43. The maximum Gasteiger partial charge on any atom is 1.00 e. The van der Waals surface area contributed by atoms with Crippen LogP contribution in [0.25, 0.3) is 0 Å². The second-order valence-electron chi connectivity index (χ2n) is 2.54. The summed E-state index contributed by atoms with van der Waals surface area (Å²) in [7, 11) is 0. The Morgan fingerprint density at radius 3 is 2.33 bits per heavy atom. The molecular weight excluding hydrogens is 546 g/mol. The van der Waals surface area contributed by atoms with Gasteiger partial charge in [-0.2, -0.15) is 0 Å². The monoisotopic (exact) mass is 551 g/mol. The average molecular weight is 551 g/mol. The molecule has 3 nitrogen and oxygen atoms in total. The van der Waals surface area contributed by atoms with Gasteiger partial charge in [0.05, 0.1) is 5.69 Å². The van der Waals surface area contributed by atoms with E-state index in [0.29, 0.717) is 12.8 Å². The number of anilines is 1. The van der Waals surface area contributed by atoms with Crippen molar-refractivity contribution in [1.29, 1.82) is 0 Å². The third-order valence-electron chi connectivity index (χ3n) is 1.43. The van der Waals surface area contributed by atoms with Crippen LogP contribution in [0.2, 0.25) is 0 Å². The van der Waals surface area contributed by atoms with E-state index in [1.807, 2.05) is 45.2 Å². The standard InChI is InChI=1S/C8H6I3NO2.Na/c1-3(13)12-7-4(9)2-5(10)8(14)6(7)11;/h2,14H,1H3,(H,12,13);/q;+1/p-1. The molecule has 0 aromatic heterocycles. The van der Waals surface area contributed by atoms with Crippen molar-refractivity contribution in [2.75, 3.05) is 5.32 Å². The topological polar surface area (TPSA) is 52.2 Å². The van der Waals surface area contributed by atoms with Crippen molar-refractivity contribution < 1.29 is 39.5 Å². The van der Waals surface area contributed by atoms with Crippen LogP contribution in [0.1, 0.15) is 6.92 Å². The van der Waals surface area contributed by atoms with E-state index in [-0.39, 0.29) is 41.2 Å². The van der Waals surface area contributed by atoms with E-state index < -0.39 is 0 Å². The van der Waals surface area contributed by atoms with Crippen molar-refractivity contribution >= 4 is 79.4 Å². The summed E-state index contributed by atoms with van der Waals surface area (Å²) >= 11 is 6.04. The van der Waals surface area contributed by atoms with E-state index >= 15 is 0 Å². The van der Waals surface area contributed by atoms with E-state index in [0.717, 1.165) is 3.57 Å². The van der Waals surface area contributed by atoms with Crippen LogP contribution in [0.5, 0.6) is 5.75 Å². The molecule has 1 rings (SSSR count). The van der Waals surface area contributed by atoms with Crippen molar-refractivity contribution in [3.05, 3.63) is 16.8 Å². The summed E-state index contributed by atoms with van der Waals surface area (Å²) < 4.78 is 2.12. The van der Waals surface area contributed by atoms with Crippen molar-refractivity contribution in [2.24, 2.45) is 0 Å². The second kappa shape index (κ2) is 7.19. The summed E-state index contributed by atoms with van der Waals surface area (Å²) in [6.07, 6.45) is 0. The first-order valence-electron chi connectivity index (χ1n) is 3.55. The number of halogens is 3. The van der Waals surface area contributed by atoms with Crippen LogP contribution in [0, 0.1) is 10.7 Å². The average Bonchev–Trinajstić information content (AvgIpc) is 2.09. The molecule has 76 valence electrons. The summed E-state index contributed by atoms with van der Waals surface area (Å²) in [5.41, 5.74) is 0.615. The van der Waals surface area contributed by atoms with Gasteiger partial charge in [0.1, 0.15) is 0 Å². The number of hydrogen-bond donors (Lipinski definition) is 1. The Bertz CT molecular complexity index is 398. The summed E-state index contributed by atoms with van der Waals surface area (Å²) in [4.78, 5) is 10.9. The van der Waals surface area contributed by atoms with Gasteiger partial charge in [-0.25, -0.2) is 0 Å². The predicted octanol–water partition coefficient (Wildman–Crippen LogP) is -0.464. The van der Waals surface area contributed by atoms with Crippen LogP contribution >= 0.6 is 67.8 Å². The van der Waals surface area contributed by atoms with Crippen molar-refractivity contribution in [3.8, 4) is 5.75 Å². The number of benzene rings is 1. The van der Waals surface area contributed by atoms with E-state index in [9.17, 15) is 9.90 Å². The molecule has 1 N–H and O–H groups in total. The molecule has 0 heterocycles. The zero-order valence-electron chi connectivity index (χ0n) is 8.03. The molecular formula is C8H5I3NNaO2. The summed E-state index contributed by atoms with van der Waals surface area (Å²) in [6, 6.07) is 1.76. The smallest absolute Gasteiger partial charge is 0.871 e. The number of carbonyl (C=O) groups excluding carboxylic acids is 1. The normalized spacial score (nSPS) is 9.33. The van der Waals surface area contributed by atoms with Gasteiger partial charge in [-0.05, 0) is 73.8 Å². The Hall–Kier alpha value is 1.68. The first-order valence-corrected chi connectivity index (χ1v) is 6.79. The van der Waals surface area contributed by atoms with Crippen LogP contribution in [0.3, 0.4) is 0 Å². The SMILES string of the molecule is CC(=O)Nc1c(I)cc(I)c([O-])c1I.[Na+]. The number of hydrogen-bond acceptors (Lipinski definition) is 2. The molecule has 0 bridgehead atoms. The van der Waals surface area contributed by atoms with Crippen molar-refractivity contribution in [3.63, 3.8) is 0 Å². The molecule has 0 aliphatic heterocycles. The molecule has 0 atom stereocenters. The first kappa shape index (κ1) is 16.7. The Morgan fingerprint density at radius 2 is 1.87 bits per heavy atom. The molecule has 0 saturated heterocycles. The number of carbonyl (C=O) groups is 1. The summed E-state index contributed by atoms with van der Waals surface area (Å²) in [5, 5.41) is 14.2. The Balaban J connectivity index is 0.00000196. The molecule has 0 spiro atoms. The molecule has 0 saturated carbocycles. The molecule has 0 radical (unpaired) electrons. The predicted molar refractivity (Wildman–Crippen MR) is 78.3 cm³/mol. The maximum atomic E-state index is 11.6. The van der Waals surface area contributed by atoms with E-state index in [1.54, 1.807) is 6.07 Å².